The molecule has 8 nitrogen and oxygen atoms in total. The number of thioether (sulfide) groups is 1. The van der Waals surface area contributed by atoms with Crippen molar-refractivity contribution >= 4 is 23.4 Å². The third-order valence-corrected chi connectivity index (χ3v) is 6.65. The van der Waals surface area contributed by atoms with Crippen LogP contribution in [0.15, 0.2) is 52.4 Å². The quantitative estimate of drug-likeness (QED) is 0.270. The molecular weight excluding hydrogens is 464 g/mol. The maximum atomic E-state index is 13.4. The van der Waals surface area contributed by atoms with Crippen molar-refractivity contribution in [1.82, 2.24) is 10.1 Å². The summed E-state index contributed by atoms with van der Waals surface area (Å²) in [5.74, 6) is 1.89. The third kappa shape index (κ3) is 4.91. The fourth-order valence-corrected chi connectivity index (χ4v) is 5.16. The number of hydrogen-bond acceptors (Lipinski definition) is 6. The molecule has 1 aromatic heterocycles. The molecule has 0 fully saturated rings. The molecule has 0 radical (unpaired) electrons. The first-order chi connectivity index (χ1) is 17.0. The SMILES string of the molecule is CCCCSc1n[n+]2c(c(=O)[nH]1)-c1ccccc1N(C(C)=O)[C@H]2c1ccc(OCC)c(OCC)c1. The molecule has 35 heavy (non-hydrogen) atoms. The lowest BCUT2D eigenvalue weighted by Gasteiger charge is -2.31. The van der Waals surface area contributed by atoms with E-state index in [1.165, 1.54) is 18.7 Å². The van der Waals surface area contributed by atoms with Crippen LogP contribution in [0.2, 0.25) is 0 Å². The van der Waals surface area contributed by atoms with E-state index in [-0.39, 0.29) is 11.5 Å². The van der Waals surface area contributed by atoms with E-state index in [0.29, 0.717) is 46.8 Å². The average Bonchev–Trinajstić information content (AvgIpc) is 2.84. The number of H-pyrrole nitrogens is 1. The summed E-state index contributed by atoms with van der Waals surface area (Å²) in [6, 6.07) is 13.0. The van der Waals surface area contributed by atoms with E-state index in [2.05, 4.69) is 11.9 Å². The van der Waals surface area contributed by atoms with Gasteiger partial charge in [-0.3, -0.25) is 14.6 Å². The van der Waals surface area contributed by atoms with Gasteiger partial charge in [0.2, 0.25) is 11.1 Å². The predicted octanol–water partition coefficient (Wildman–Crippen LogP) is 4.33. The standard InChI is InChI=1S/C26H30N4O4S/c1-5-8-15-35-26-27-24(32)23-19-11-9-10-12-20(19)29(17(4)31)25(30(23)28-26)18-13-14-21(33-6-2)22(16-18)34-7-3/h9-14,16,25H,5-8,15H2,1-4H3/p+1/t25-/m1/s1. The van der Waals surface area contributed by atoms with Gasteiger partial charge in [-0.25, -0.2) is 4.90 Å². The highest BCUT2D eigenvalue weighted by molar-refractivity contribution is 7.99. The van der Waals surface area contributed by atoms with E-state index in [4.69, 9.17) is 14.6 Å². The number of aromatic amines is 1. The van der Waals surface area contributed by atoms with Gasteiger partial charge in [-0.15, -0.1) is 0 Å². The van der Waals surface area contributed by atoms with E-state index in [1.807, 2.05) is 56.3 Å². The maximum absolute atomic E-state index is 13.4. The molecule has 1 N–H and O–H groups in total. The second-order valence-electron chi connectivity index (χ2n) is 8.11. The number of ether oxygens (including phenoxy) is 2. The first-order valence-corrected chi connectivity index (χ1v) is 13.0. The number of nitrogens with zero attached hydrogens (tertiary/aromatic N) is 3. The number of para-hydroxylation sites is 1. The van der Waals surface area contributed by atoms with Gasteiger partial charge in [0.1, 0.15) is 0 Å². The van der Waals surface area contributed by atoms with Gasteiger partial charge < -0.3 is 9.47 Å². The van der Waals surface area contributed by atoms with Crippen LogP contribution in [0.4, 0.5) is 5.69 Å². The van der Waals surface area contributed by atoms with Crippen LogP contribution in [0.1, 0.15) is 52.3 Å². The molecule has 1 aliphatic rings. The van der Waals surface area contributed by atoms with E-state index in [0.717, 1.165) is 24.2 Å². The van der Waals surface area contributed by atoms with E-state index >= 15 is 0 Å². The van der Waals surface area contributed by atoms with Crippen molar-refractivity contribution in [2.24, 2.45) is 0 Å². The Morgan fingerprint density at radius 1 is 1.11 bits per heavy atom. The highest BCUT2D eigenvalue weighted by atomic mass is 32.2. The molecular formula is C26H31N4O4S+. The maximum Gasteiger partial charge on any atom is 0.325 e. The molecule has 0 saturated heterocycles. The van der Waals surface area contributed by atoms with Gasteiger partial charge in [-0.1, -0.05) is 37.2 Å². The zero-order valence-corrected chi connectivity index (χ0v) is 21.4. The summed E-state index contributed by atoms with van der Waals surface area (Å²) in [4.78, 5) is 31.0. The summed E-state index contributed by atoms with van der Waals surface area (Å²) >= 11 is 1.50. The first-order valence-electron chi connectivity index (χ1n) is 12.0. The fourth-order valence-electron chi connectivity index (χ4n) is 4.22. The molecule has 0 spiro atoms. The Kier molecular flexibility index (Phi) is 7.75. The Hall–Kier alpha value is -3.33. The monoisotopic (exact) mass is 495 g/mol. The molecule has 2 heterocycles. The summed E-state index contributed by atoms with van der Waals surface area (Å²) in [5, 5.41) is 5.35. The van der Waals surface area contributed by atoms with Crippen LogP contribution in [0.5, 0.6) is 11.5 Å². The Bertz CT molecular complexity index is 1280. The van der Waals surface area contributed by atoms with Gasteiger partial charge >= 0.3 is 11.3 Å². The lowest BCUT2D eigenvalue weighted by Crippen LogP contribution is -2.60. The second kappa shape index (κ2) is 10.9. The Balaban J connectivity index is 1.95. The van der Waals surface area contributed by atoms with Crippen molar-refractivity contribution in [3.8, 4) is 22.8 Å². The third-order valence-electron chi connectivity index (χ3n) is 5.70. The van der Waals surface area contributed by atoms with Crippen molar-refractivity contribution in [3.63, 3.8) is 0 Å². The number of nitrogens with one attached hydrogen (secondary N) is 1. The minimum atomic E-state index is -0.667. The lowest BCUT2D eigenvalue weighted by atomic mass is 10.0. The lowest BCUT2D eigenvalue weighted by molar-refractivity contribution is -0.763. The Morgan fingerprint density at radius 2 is 1.86 bits per heavy atom. The number of benzene rings is 2. The van der Waals surface area contributed by atoms with Gasteiger partial charge in [0.05, 0.1) is 24.5 Å². The van der Waals surface area contributed by atoms with E-state index < -0.39 is 6.17 Å². The molecule has 0 bridgehead atoms. The fraction of sp³-hybridized carbons (Fsp3) is 0.385. The highest BCUT2D eigenvalue weighted by Gasteiger charge is 2.45. The summed E-state index contributed by atoms with van der Waals surface area (Å²) in [6.45, 7) is 8.44. The number of carbonyl (C=O) groups excluding carboxylic acids is 1. The number of amides is 1. The number of hydrogen-bond donors (Lipinski definition) is 1. The van der Waals surface area contributed by atoms with Crippen molar-refractivity contribution < 1.29 is 19.0 Å². The first kappa shape index (κ1) is 24.8. The van der Waals surface area contributed by atoms with Gasteiger partial charge in [0.15, 0.2) is 11.5 Å². The van der Waals surface area contributed by atoms with Crippen molar-refractivity contribution in [2.75, 3.05) is 23.9 Å². The highest BCUT2D eigenvalue weighted by Crippen LogP contribution is 2.39. The minimum Gasteiger partial charge on any atom is -0.490 e. The zero-order valence-electron chi connectivity index (χ0n) is 20.5. The van der Waals surface area contributed by atoms with Crippen molar-refractivity contribution in [3.05, 3.63) is 58.4 Å². The number of fused-ring (bicyclic) bond motifs is 3. The molecule has 2 aromatic carbocycles. The number of carbonyl (C=O) groups is 1. The van der Waals surface area contributed by atoms with Gasteiger partial charge in [-0.2, -0.15) is 0 Å². The number of aromatic nitrogens is 3. The molecule has 184 valence electrons. The van der Waals surface area contributed by atoms with Crippen LogP contribution >= 0.6 is 11.8 Å². The normalized spacial score (nSPS) is 14.3. The number of unbranched alkanes of at least 4 members (excludes halogenated alkanes) is 1. The van der Waals surface area contributed by atoms with Crippen molar-refractivity contribution in [1.29, 1.82) is 0 Å². The molecule has 1 aliphatic heterocycles. The second-order valence-corrected chi connectivity index (χ2v) is 9.19. The zero-order chi connectivity index (χ0) is 24.9. The minimum absolute atomic E-state index is 0.158. The van der Waals surface area contributed by atoms with Gasteiger partial charge in [-0.05, 0) is 55.3 Å². The van der Waals surface area contributed by atoms with Crippen LogP contribution < -0.4 is 24.6 Å². The molecule has 1 atom stereocenters. The van der Waals surface area contributed by atoms with Crippen LogP contribution in [-0.2, 0) is 4.79 Å². The number of rotatable bonds is 9. The Morgan fingerprint density at radius 3 is 2.57 bits per heavy atom. The van der Waals surface area contributed by atoms with E-state index in [1.54, 1.807) is 9.58 Å². The summed E-state index contributed by atoms with van der Waals surface area (Å²) in [6.07, 6.45) is 1.40. The van der Waals surface area contributed by atoms with E-state index in [9.17, 15) is 9.59 Å². The van der Waals surface area contributed by atoms with Gasteiger partial charge in [0.25, 0.3) is 6.17 Å². The topological polar surface area (TPSA) is 88.4 Å². The molecule has 4 rings (SSSR count). The van der Waals surface area contributed by atoms with Crippen LogP contribution in [0.25, 0.3) is 11.3 Å². The summed E-state index contributed by atoms with van der Waals surface area (Å²) in [5.41, 5.74) is 2.25. The van der Waals surface area contributed by atoms with Gasteiger partial charge in [0, 0.05) is 23.3 Å². The smallest absolute Gasteiger partial charge is 0.325 e. The van der Waals surface area contributed by atoms with Crippen LogP contribution in [0.3, 0.4) is 0 Å². The number of anilines is 1. The van der Waals surface area contributed by atoms with Crippen molar-refractivity contribution in [2.45, 2.75) is 51.9 Å². The predicted molar refractivity (Wildman–Crippen MR) is 136 cm³/mol. The molecule has 3 aromatic rings. The molecule has 1 amide bonds. The largest absolute Gasteiger partial charge is 0.490 e. The molecule has 9 heteroatoms. The summed E-state index contributed by atoms with van der Waals surface area (Å²) < 4.78 is 13.3. The molecule has 0 aliphatic carbocycles. The Labute approximate surface area is 209 Å². The average molecular weight is 496 g/mol. The van der Waals surface area contributed by atoms with Crippen LogP contribution in [0, 0.1) is 0 Å². The molecule has 0 saturated carbocycles. The van der Waals surface area contributed by atoms with Crippen LogP contribution in [-0.4, -0.2) is 35.0 Å². The molecule has 0 unspecified atom stereocenters. The summed E-state index contributed by atoms with van der Waals surface area (Å²) in [7, 11) is 0.